The second kappa shape index (κ2) is 8.78. The predicted molar refractivity (Wildman–Crippen MR) is 119 cm³/mol. The highest BCUT2D eigenvalue weighted by atomic mass is 28.4. The lowest BCUT2D eigenvalue weighted by Crippen LogP contribution is -2.42. The Morgan fingerprint density at radius 1 is 1.29 bits per heavy atom. The second-order valence-electron chi connectivity index (χ2n) is 9.79. The van der Waals surface area contributed by atoms with E-state index in [4.69, 9.17) is 4.43 Å². The summed E-state index contributed by atoms with van der Waals surface area (Å²) < 4.78 is 34.7. The summed E-state index contributed by atoms with van der Waals surface area (Å²) in [7, 11) is -2.11. The first-order chi connectivity index (χ1) is 14.4. The molecule has 2 aromatic rings. The number of halogens is 2. The van der Waals surface area contributed by atoms with Gasteiger partial charge in [0.2, 0.25) is 5.91 Å². The van der Waals surface area contributed by atoms with Crippen molar-refractivity contribution in [2.24, 2.45) is 5.92 Å². The molecule has 1 N–H and O–H groups in total. The fourth-order valence-electron chi connectivity index (χ4n) is 3.46. The summed E-state index contributed by atoms with van der Waals surface area (Å²) in [6.07, 6.45) is 4.80. The first kappa shape index (κ1) is 23.5. The third-order valence-electron chi connectivity index (χ3n) is 6.42. The van der Waals surface area contributed by atoms with Crippen molar-refractivity contribution < 1.29 is 18.0 Å². The first-order valence-corrected chi connectivity index (χ1v) is 13.6. The van der Waals surface area contributed by atoms with Gasteiger partial charge in [0.05, 0.1) is 29.4 Å². The molecule has 0 radical (unpaired) electrons. The van der Waals surface area contributed by atoms with E-state index in [0.29, 0.717) is 23.1 Å². The predicted octanol–water partition coefficient (Wildman–Crippen LogP) is 6.16. The maximum absolute atomic E-state index is 13.7. The molecule has 1 aliphatic rings. The van der Waals surface area contributed by atoms with E-state index in [2.05, 4.69) is 49.3 Å². The van der Waals surface area contributed by atoms with Crippen LogP contribution < -0.4 is 5.32 Å². The Kier molecular flexibility index (Phi) is 6.66. The number of hydrogen-bond donors (Lipinski definition) is 1. The monoisotopic (exact) mass is 450 g/mol. The largest absolute Gasteiger partial charge is 0.408 e. The number of pyridine rings is 1. The Hall–Kier alpha value is -2.13. The quantitative estimate of drug-likeness (QED) is 0.569. The summed E-state index contributed by atoms with van der Waals surface area (Å²) >= 11 is 0. The SMILES string of the molecule is C[C@@H]1CCCC(O[Si](C)(C)C(C)(C)C)c2cc(ccn2)-c2c(cnn2C(F)F)NC1=O. The number of nitrogens with one attached hydrogen (secondary N) is 1. The molecule has 2 bridgehead atoms. The highest BCUT2D eigenvalue weighted by Gasteiger charge is 2.40. The van der Waals surface area contributed by atoms with E-state index in [1.165, 1.54) is 6.20 Å². The highest BCUT2D eigenvalue weighted by Crippen LogP contribution is 2.42. The summed E-state index contributed by atoms with van der Waals surface area (Å²) in [5.41, 5.74) is 1.69. The van der Waals surface area contributed by atoms with Gasteiger partial charge in [0, 0.05) is 17.7 Å². The third kappa shape index (κ3) is 5.03. The number of carbonyl (C=O) groups is 1. The lowest BCUT2D eigenvalue weighted by Gasteiger charge is -2.39. The van der Waals surface area contributed by atoms with E-state index in [0.717, 1.165) is 12.1 Å². The molecule has 3 rings (SSSR count). The molecule has 3 heterocycles. The summed E-state index contributed by atoms with van der Waals surface area (Å²) in [5.74, 6) is -0.464. The lowest BCUT2D eigenvalue weighted by molar-refractivity contribution is -0.119. The molecule has 0 saturated carbocycles. The maximum Gasteiger partial charge on any atom is 0.333 e. The van der Waals surface area contributed by atoms with Gasteiger partial charge in [-0.25, -0.2) is 4.68 Å². The van der Waals surface area contributed by atoms with Crippen LogP contribution in [0.3, 0.4) is 0 Å². The smallest absolute Gasteiger partial charge is 0.333 e. The number of alkyl halides is 2. The van der Waals surface area contributed by atoms with Crippen LogP contribution >= 0.6 is 0 Å². The van der Waals surface area contributed by atoms with Gasteiger partial charge in [-0.15, -0.1) is 0 Å². The number of amides is 1. The molecule has 1 amide bonds. The number of nitrogens with zero attached hydrogens (tertiary/aromatic N) is 3. The van der Waals surface area contributed by atoms with Crippen LogP contribution in [0.2, 0.25) is 18.1 Å². The zero-order valence-corrected chi connectivity index (χ0v) is 20.1. The molecule has 31 heavy (non-hydrogen) atoms. The van der Waals surface area contributed by atoms with Gasteiger partial charge in [-0.3, -0.25) is 9.78 Å². The van der Waals surface area contributed by atoms with Crippen LogP contribution in [0.25, 0.3) is 11.3 Å². The minimum Gasteiger partial charge on any atom is -0.408 e. The minimum atomic E-state index is -2.83. The molecule has 170 valence electrons. The number of fused-ring (bicyclic) bond motifs is 4. The summed E-state index contributed by atoms with van der Waals surface area (Å²) in [5, 5.41) is 6.62. The summed E-state index contributed by atoms with van der Waals surface area (Å²) in [6, 6.07) is 3.45. The van der Waals surface area contributed by atoms with E-state index in [9.17, 15) is 13.6 Å². The topological polar surface area (TPSA) is 69.0 Å². The standard InChI is InChI=1S/C22H32F2N4O2Si/c1-14-8-7-9-18(30-31(5,6)22(2,3)4)16-12-15(10-11-25-16)19-17(27-20(14)29)13-26-28(19)21(23)24/h10-14,18,21H,7-9H2,1-6H3,(H,27,29)/t14-,18?/m1/s1. The van der Waals surface area contributed by atoms with Crippen LogP contribution in [0.1, 0.15) is 65.3 Å². The average molecular weight is 451 g/mol. The molecule has 0 aliphatic carbocycles. The molecule has 1 unspecified atom stereocenters. The van der Waals surface area contributed by atoms with Crippen molar-refractivity contribution in [1.29, 1.82) is 0 Å². The molecule has 2 atom stereocenters. The second-order valence-corrected chi connectivity index (χ2v) is 14.5. The van der Waals surface area contributed by atoms with Gasteiger partial charge in [0.1, 0.15) is 0 Å². The molecule has 0 saturated heterocycles. The lowest BCUT2D eigenvalue weighted by atomic mass is 9.98. The van der Waals surface area contributed by atoms with Crippen molar-refractivity contribution in [3.05, 3.63) is 30.2 Å². The molecular formula is C22H32F2N4O2Si. The molecular weight excluding hydrogens is 418 g/mol. The Morgan fingerprint density at radius 2 is 2.00 bits per heavy atom. The van der Waals surface area contributed by atoms with Crippen LogP contribution in [0, 0.1) is 5.92 Å². The van der Waals surface area contributed by atoms with Crippen LogP contribution in [0.4, 0.5) is 14.5 Å². The normalized spacial score (nSPS) is 20.6. The fraction of sp³-hybridized carbons (Fsp3) is 0.591. The van der Waals surface area contributed by atoms with Crippen molar-refractivity contribution >= 4 is 19.9 Å². The maximum atomic E-state index is 13.7. The van der Waals surface area contributed by atoms with Crippen LogP contribution in [-0.4, -0.2) is 29.0 Å². The molecule has 9 heteroatoms. The van der Waals surface area contributed by atoms with E-state index in [1.54, 1.807) is 18.3 Å². The Balaban J connectivity index is 2.11. The Morgan fingerprint density at radius 3 is 2.65 bits per heavy atom. The number of anilines is 1. The number of rotatable bonds is 3. The van der Waals surface area contributed by atoms with Gasteiger partial charge < -0.3 is 9.74 Å². The Bertz CT molecular complexity index is 940. The van der Waals surface area contributed by atoms with E-state index in [1.807, 2.05) is 6.92 Å². The Labute approximate surface area is 183 Å². The van der Waals surface area contributed by atoms with Crippen LogP contribution in [0.15, 0.2) is 24.5 Å². The van der Waals surface area contributed by atoms with E-state index >= 15 is 0 Å². The highest BCUT2D eigenvalue weighted by molar-refractivity contribution is 6.74. The molecule has 0 fully saturated rings. The number of hydrogen-bond acceptors (Lipinski definition) is 4. The number of aromatic nitrogens is 3. The van der Waals surface area contributed by atoms with Gasteiger partial charge in [-0.1, -0.05) is 27.7 Å². The molecule has 2 aromatic heterocycles. The minimum absolute atomic E-state index is 0.0168. The molecule has 1 aliphatic heterocycles. The van der Waals surface area contributed by atoms with Gasteiger partial charge in [-0.2, -0.15) is 13.9 Å². The van der Waals surface area contributed by atoms with Gasteiger partial charge in [0.25, 0.3) is 0 Å². The third-order valence-corrected chi connectivity index (χ3v) is 10.9. The van der Waals surface area contributed by atoms with E-state index < -0.39 is 14.9 Å². The van der Waals surface area contributed by atoms with E-state index in [-0.39, 0.29) is 34.3 Å². The zero-order valence-electron chi connectivity index (χ0n) is 19.1. The van der Waals surface area contributed by atoms with Gasteiger partial charge in [-0.05, 0) is 49.5 Å². The molecule has 0 aromatic carbocycles. The van der Waals surface area contributed by atoms with Crippen molar-refractivity contribution in [1.82, 2.24) is 14.8 Å². The van der Waals surface area contributed by atoms with Gasteiger partial charge in [0.15, 0.2) is 8.32 Å². The van der Waals surface area contributed by atoms with Gasteiger partial charge >= 0.3 is 6.55 Å². The fourth-order valence-corrected chi connectivity index (χ4v) is 4.76. The zero-order chi connectivity index (χ0) is 23.0. The first-order valence-electron chi connectivity index (χ1n) is 10.7. The average Bonchev–Trinajstić information content (AvgIpc) is 3.09. The molecule has 0 spiro atoms. The number of carbonyl (C=O) groups excluding carboxylic acids is 1. The van der Waals surface area contributed by atoms with Crippen LogP contribution in [-0.2, 0) is 9.22 Å². The molecule has 6 nitrogen and oxygen atoms in total. The van der Waals surface area contributed by atoms with Crippen molar-refractivity contribution in [2.75, 3.05) is 5.32 Å². The summed E-state index contributed by atoms with van der Waals surface area (Å²) in [6.45, 7) is 9.93. The van der Waals surface area contributed by atoms with Crippen molar-refractivity contribution in [3.8, 4) is 11.3 Å². The summed E-state index contributed by atoms with van der Waals surface area (Å²) in [4.78, 5) is 17.2. The van der Waals surface area contributed by atoms with Crippen molar-refractivity contribution in [2.45, 2.75) is 77.7 Å². The van der Waals surface area contributed by atoms with Crippen LogP contribution in [0.5, 0.6) is 0 Å². The van der Waals surface area contributed by atoms with Crippen molar-refractivity contribution in [3.63, 3.8) is 0 Å².